The van der Waals surface area contributed by atoms with E-state index in [1.165, 1.54) is 0 Å². The number of allylic oxidation sites excluding steroid dienone is 4. The first-order valence-electron chi connectivity index (χ1n) is 6.08. The van der Waals surface area contributed by atoms with Crippen molar-refractivity contribution in [3.05, 3.63) is 66.3 Å². The molecule has 2 aliphatic rings. The van der Waals surface area contributed by atoms with Gasteiger partial charge in [-0.15, -0.1) is 0 Å². The third-order valence-electron chi connectivity index (χ3n) is 3.45. The highest BCUT2D eigenvalue weighted by Crippen LogP contribution is 2.42. The molecule has 2 unspecified atom stereocenters. The first-order valence-corrected chi connectivity index (χ1v) is 6.08. The number of ether oxygens (including phenoxy) is 1. The van der Waals surface area contributed by atoms with E-state index in [0.29, 0.717) is 6.61 Å². The third kappa shape index (κ3) is 1.61. The maximum Gasteiger partial charge on any atom is 0.171 e. The van der Waals surface area contributed by atoms with E-state index >= 15 is 0 Å². The van der Waals surface area contributed by atoms with Crippen molar-refractivity contribution in [3.63, 3.8) is 0 Å². The second-order valence-corrected chi connectivity index (χ2v) is 4.53. The molecule has 0 aliphatic heterocycles. The molecule has 18 heavy (non-hydrogen) atoms. The molecule has 0 bridgehead atoms. The number of carbonyl (C=O) groups excluding carboxylic acids is 1. The zero-order valence-corrected chi connectivity index (χ0v) is 10.0. The summed E-state index contributed by atoms with van der Waals surface area (Å²) in [7, 11) is 0. The van der Waals surface area contributed by atoms with Crippen LogP contribution < -0.4 is 4.74 Å². The maximum absolute atomic E-state index is 12.3. The quantitative estimate of drug-likeness (QED) is 0.755. The van der Waals surface area contributed by atoms with Crippen LogP contribution in [-0.2, 0) is 0 Å². The molecule has 0 N–H and O–H groups in total. The molecule has 2 heteroatoms. The van der Waals surface area contributed by atoms with Crippen LogP contribution in [0.15, 0.2) is 55.2 Å². The molecule has 2 atom stereocenters. The van der Waals surface area contributed by atoms with E-state index in [2.05, 4.69) is 12.7 Å². The topological polar surface area (TPSA) is 26.3 Å². The fraction of sp³-hybridized carbons (Fsp3) is 0.188. The van der Waals surface area contributed by atoms with Gasteiger partial charge in [0.25, 0.3) is 0 Å². The van der Waals surface area contributed by atoms with Crippen molar-refractivity contribution in [2.75, 3.05) is 6.61 Å². The molecule has 3 rings (SSSR count). The Morgan fingerprint density at radius 2 is 2.00 bits per heavy atom. The molecule has 1 aromatic carbocycles. The van der Waals surface area contributed by atoms with Crippen LogP contribution in [0.3, 0.4) is 0 Å². The van der Waals surface area contributed by atoms with E-state index in [4.69, 9.17) is 4.74 Å². The Labute approximate surface area is 106 Å². The molecule has 2 aliphatic carbocycles. The molecule has 0 radical (unpaired) electrons. The van der Waals surface area contributed by atoms with E-state index in [-0.39, 0.29) is 17.6 Å². The summed E-state index contributed by atoms with van der Waals surface area (Å²) in [5, 5.41) is 0. The highest BCUT2D eigenvalue weighted by atomic mass is 16.5. The van der Waals surface area contributed by atoms with Crippen molar-refractivity contribution in [2.45, 2.75) is 5.92 Å². The lowest BCUT2D eigenvalue weighted by atomic mass is 9.89. The monoisotopic (exact) mass is 238 g/mol. The maximum atomic E-state index is 12.3. The van der Waals surface area contributed by atoms with Crippen LogP contribution >= 0.6 is 0 Å². The molecular formula is C16H14O2. The van der Waals surface area contributed by atoms with Gasteiger partial charge < -0.3 is 4.74 Å². The summed E-state index contributed by atoms with van der Waals surface area (Å²) in [6.45, 7) is 4.07. The van der Waals surface area contributed by atoms with E-state index in [1.54, 1.807) is 6.08 Å². The van der Waals surface area contributed by atoms with Crippen LogP contribution in [0.1, 0.15) is 21.8 Å². The lowest BCUT2D eigenvalue weighted by Gasteiger charge is -2.14. The predicted octanol–water partition coefficient (Wildman–Crippen LogP) is 3.27. The smallest absolute Gasteiger partial charge is 0.171 e. The lowest BCUT2D eigenvalue weighted by molar-refractivity contribution is 0.0954. The highest BCUT2D eigenvalue weighted by Gasteiger charge is 2.37. The lowest BCUT2D eigenvalue weighted by Crippen LogP contribution is -2.10. The summed E-state index contributed by atoms with van der Waals surface area (Å²) in [5.41, 5.74) is 1.90. The average Bonchev–Trinajstić information content (AvgIpc) is 2.71. The van der Waals surface area contributed by atoms with Gasteiger partial charge in [-0.25, -0.2) is 0 Å². The third-order valence-corrected chi connectivity index (χ3v) is 3.45. The Kier molecular flexibility index (Phi) is 2.63. The van der Waals surface area contributed by atoms with Gasteiger partial charge in [-0.1, -0.05) is 43.0 Å². The van der Waals surface area contributed by atoms with Crippen molar-refractivity contribution in [1.29, 1.82) is 0 Å². The minimum atomic E-state index is -0.0281. The first-order chi connectivity index (χ1) is 8.81. The molecule has 0 spiro atoms. The van der Waals surface area contributed by atoms with Crippen LogP contribution in [-0.4, -0.2) is 12.4 Å². The van der Waals surface area contributed by atoms with Gasteiger partial charge in [0.05, 0.1) is 5.92 Å². The Morgan fingerprint density at radius 3 is 2.78 bits per heavy atom. The van der Waals surface area contributed by atoms with E-state index in [0.717, 1.165) is 16.9 Å². The summed E-state index contributed by atoms with van der Waals surface area (Å²) in [5.74, 6) is 1.10. The number of ketones is 1. The van der Waals surface area contributed by atoms with Gasteiger partial charge in [0, 0.05) is 11.5 Å². The van der Waals surface area contributed by atoms with E-state index in [1.807, 2.05) is 36.4 Å². The number of fused-ring (bicyclic) bond motifs is 3. The van der Waals surface area contributed by atoms with Crippen molar-refractivity contribution < 1.29 is 9.53 Å². The van der Waals surface area contributed by atoms with Crippen molar-refractivity contribution in [2.24, 2.45) is 5.92 Å². The number of hydrogen-bond acceptors (Lipinski definition) is 2. The van der Waals surface area contributed by atoms with Gasteiger partial charge >= 0.3 is 0 Å². The standard InChI is InChI=1S/C16H14O2/c1-2-9-18-11-7-8-13-12-5-3-4-6-14(12)16(17)15(13)10-11/h2-8,10,12,14H,1,9H2. The van der Waals surface area contributed by atoms with Crippen LogP contribution in [0.5, 0.6) is 5.75 Å². The Balaban J connectivity index is 1.99. The second-order valence-electron chi connectivity index (χ2n) is 4.53. The molecule has 0 saturated heterocycles. The normalized spacial score (nSPS) is 23.7. The van der Waals surface area contributed by atoms with Crippen molar-refractivity contribution in [3.8, 4) is 5.75 Å². The number of rotatable bonds is 3. The molecule has 0 saturated carbocycles. The molecule has 0 aromatic heterocycles. The van der Waals surface area contributed by atoms with Gasteiger partial charge in [0.2, 0.25) is 0 Å². The summed E-state index contributed by atoms with van der Waals surface area (Å²) < 4.78 is 5.48. The summed E-state index contributed by atoms with van der Waals surface area (Å²) in [6, 6.07) is 5.77. The fourth-order valence-electron chi connectivity index (χ4n) is 2.62. The molecular weight excluding hydrogens is 224 g/mol. The molecule has 2 nitrogen and oxygen atoms in total. The fourth-order valence-corrected chi connectivity index (χ4v) is 2.62. The summed E-state index contributed by atoms with van der Waals surface area (Å²) in [6.07, 6.45) is 9.72. The Hall–Kier alpha value is -2.09. The van der Waals surface area contributed by atoms with E-state index < -0.39 is 0 Å². The van der Waals surface area contributed by atoms with Gasteiger partial charge in [-0.05, 0) is 17.7 Å². The van der Waals surface area contributed by atoms with Gasteiger partial charge in [-0.3, -0.25) is 4.79 Å². The molecule has 0 fully saturated rings. The number of Topliss-reactive ketones (excluding diaryl/α,β-unsaturated/α-hetero) is 1. The van der Waals surface area contributed by atoms with Gasteiger partial charge in [0.15, 0.2) is 5.78 Å². The van der Waals surface area contributed by atoms with Crippen LogP contribution in [0.4, 0.5) is 0 Å². The zero-order valence-electron chi connectivity index (χ0n) is 10.0. The second kappa shape index (κ2) is 4.30. The van der Waals surface area contributed by atoms with Crippen molar-refractivity contribution in [1.82, 2.24) is 0 Å². The van der Waals surface area contributed by atoms with Gasteiger partial charge in [-0.2, -0.15) is 0 Å². The van der Waals surface area contributed by atoms with Gasteiger partial charge in [0.1, 0.15) is 12.4 Å². The summed E-state index contributed by atoms with van der Waals surface area (Å²) in [4.78, 5) is 12.3. The molecule has 90 valence electrons. The molecule has 1 aromatic rings. The molecule has 0 heterocycles. The Morgan fingerprint density at radius 1 is 1.22 bits per heavy atom. The van der Waals surface area contributed by atoms with E-state index in [9.17, 15) is 4.79 Å². The Bertz CT molecular complexity index is 566. The molecule has 0 amide bonds. The zero-order chi connectivity index (χ0) is 12.5. The summed E-state index contributed by atoms with van der Waals surface area (Å²) >= 11 is 0. The first kappa shape index (κ1) is 11.0. The van der Waals surface area contributed by atoms with Crippen LogP contribution in [0.25, 0.3) is 0 Å². The minimum Gasteiger partial charge on any atom is -0.490 e. The number of carbonyl (C=O) groups is 1. The predicted molar refractivity (Wildman–Crippen MR) is 71.0 cm³/mol. The highest BCUT2D eigenvalue weighted by molar-refractivity contribution is 6.05. The van der Waals surface area contributed by atoms with Crippen LogP contribution in [0, 0.1) is 5.92 Å². The van der Waals surface area contributed by atoms with Crippen molar-refractivity contribution >= 4 is 5.78 Å². The SMILES string of the molecule is C=CCOc1ccc2c(c1)C(=O)C1C=CC=CC21. The largest absolute Gasteiger partial charge is 0.490 e. The minimum absolute atomic E-state index is 0.0281. The van der Waals surface area contributed by atoms with Crippen LogP contribution in [0.2, 0.25) is 0 Å². The number of benzene rings is 1. The average molecular weight is 238 g/mol. The number of hydrogen-bond donors (Lipinski definition) is 0.